The Labute approximate surface area is 285 Å². The number of rotatable bonds is 13. The van der Waals surface area contributed by atoms with E-state index in [1.54, 1.807) is 11.3 Å². The lowest BCUT2D eigenvalue weighted by Gasteiger charge is -2.34. The highest BCUT2D eigenvalue weighted by Gasteiger charge is 2.44. The summed E-state index contributed by atoms with van der Waals surface area (Å²) >= 11 is 6.85. The number of thiol groups is 1. The first kappa shape index (κ1) is 34.1. The highest BCUT2D eigenvalue weighted by Crippen LogP contribution is 2.51. The SMILES string of the molecule is CCN(CC)c1ccc(C(c2ccc(N(CC)CC)cc2)c2sc(N(CC)c3ccccc3C)nc2C2(S)CC=CCC2F)cc1. The van der Waals surface area contributed by atoms with Gasteiger partial charge in [0.15, 0.2) is 5.13 Å². The average molecular weight is 657 g/mol. The normalized spacial score (nSPS) is 17.8. The third-order valence-corrected chi connectivity index (χ3v) is 11.3. The van der Waals surface area contributed by atoms with Crippen LogP contribution < -0.4 is 14.7 Å². The molecule has 46 heavy (non-hydrogen) atoms. The molecule has 7 heteroatoms. The number of hydrogen-bond acceptors (Lipinski definition) is 6. The Morgan fingerprint density at radius 2 is 1.35 bits per heavy atom. The lowest BCUT2D eigenvalue weighted by atomic mass is 9.82. The van der Waals surface area contributed by atoms with Crippen molar-refractivity contribution in [1.82, 2.24) is 4.98 Å². The van der Waals surface area contributed by atoms with Crippen LogP contribution in [0.5, 0.6) is 0 Å². The van der Waals surface area contributed by atoms with E-state index in [1.807, 2.05) is 6.08 Å². The van der Waals surface area contributed by atoms with E-state index in [2.05, 4.69) is 135 Å². The highest BCUT2D eigenvalue weighted by atomic mass is 32.1. The van der Waals surface area contributed by atoms with Crippen molar-refractivity contribution in [2.45, 2.75) is 71.2 Å². The van der Waals surface area contributed by atoms with Gasteiger partial charge in [-0.25, -0.2) is 9.37 Å². The van der Waals surface area contributed by atoms with Gasteiger partial charge >= 0.3 is 0 Å². The van der Waals surface area contributed by atoms with E-state index in [1.165, 1.54) is 28.1 Å². The molecule has 0 saturated carbocycles. The van der Waals surface area contributed by atoms with Crippen LogP contribution in [0.2, 0.25) is 0 Å². The fraction of sp³-hybridized carbons (Fsp3) is 0.410. The number of thiazole rings is 1. The molecule has 0 radical (unpaired) electrons. The van der Waals surface area contributed by atoms with Gasteiger partial charge in [0.1, 0.15) is 6.17 Å². The molecule has 1 aliphatic carbocycles. The third-order valence-electron chi connectivity index (χ3n) is 9.43. The minimum atomic E-state index is -1.14. The molecule has 244 valence electrons. The molecule has 5 rings (SSSR count). The quantitative estimate of drug-likeness (QED) is 0.114. The van der Waals surface area contributed by atoms with Crippen LogP contribution in [0.3, 0.4) is 0 Å². The molecular formula is C39H49FN4S2. The number of halogens is 1. The van der Waals surface area contributed by atoms with Crippen LogP contribution in [0.15, 0.2) is 84.9 Å². The molecular weight excluding hydrogens is 608 g/mol. The van der Waals surface area contributed by atoms with Crippen molar-refractivity contribution in [2.24, 2.45) is 0 Å². The van der Waals surface area contributed by atoms with Gasteiger partial charge in [0, 0.05) is 60.6 Å². The summed E-state index contributed by atoms with van der Waals surface area (Å²) in [6, 6.07) is 26.3. The molecule has 1 heterocycles. The molecule has 2 atom stereocenters. The Kier molecular flexibility index (Phi) is 11.2. The van der Waals surface area contributed by atoms with Crippen LogP contribution in [-0.2, 0) is 4.75 Å². The molecule has 0 fully saturated rings. The number of anilines is 4. The van der Waals surface area contributed by atoms with Crippen molar-refractivity contribution in [1.29, 1.82) is 0 Å². The van der Waals surface area contributed by atoms with Crippen LogP contribution in [0, 0.1) is 6.92 Å². The second-order valence-electron chi connectivity index (χ2n) is 12.0. The second kappa shape index (κ2) is 15.1. The molecule has 0 saturated heterocycles. The summed E-state index contributed by atoms with van der Waals surface area (Å²) in [5.74, 6) is -0.129. The summed E-state index contributed by atoms with van der Waals surface area (Å²) in [4.78, 5) is 13.4. The number of allylic oxidation sites excluding steroid dienone is 2. The number of benzene rings is 3. The molecule has 0 N–H and O–H groups in total. The second-order valence-corrected chi connectivity index (χ2v) is 13.8. The lowest BCUT2D eigenvalue weighted by Crippen LogP contribution is -2.34. The van der Waals surface area contributed by atoms with Gasteiger partial charge in [-0.15, -0.1) is 11.3 Å². The van der Waals surface area contributed by atoms with Gasteiger partial charge in [-0.05, 0) is 101 Å². The molecule has 3 aromatic carbocycles. The van der Waals surface area contributed by atoms with E-state index in [9.17, 15) is 0 Å². The van der Waals surface area contributed by atoms with Gasteiger partial charge in [-0.1, -0.05) is 54.6 Å². The summed E-state index contributed by atoms with van der Waals surface area (Å²) in [6.45, 7) is 17.6. The van der Waals surface area contributed by atoms with Crippen molar-refractivity contribution in [3.8, 4) is 0 Å². The minimum absolute atomic E-state index is 0.129. The highest BCUT2D eigenvalue weighted by molar-refractivity contribution is 7.81. The van der Waals surface area contributed by atoms with E-state index in [-0.39, 0.29) is 5.92 Å². The largest absolute Gasteiger partial charge is 0.372 e. The lowest BCUT2D eigenvalue weighted by molar-refractivity contribution is 0.249. The number of hydrogen-bond donors (Lipinski definition) is 1. The third kappa shape index (κ3) is 6.72. The Hall–Kier alpha value is -3.29. The number of aromatic nitrogens is 1. The van der Waals surface area contributed by atoms with E-state index < -0.39 is 10.9 Å². The topological polar surface area (TPSA) is 22.6 Å². The first-order valence-electron chi connectivity index (χ1n) is 16.8. The molecule has 4 nitrogen and oxygen atoms in total. The predicted octanol–water partition coefficient (Wildman–Crippen LogP) is 10.3. The van der Waals surface area contributed by atoms with E-state index in [4.69, 9.17) is 17.6 Å². The van der Waals surface area contributed by atoms with Crippen LogP contribution >= 0.6 is 24.0 Å². The van der Waals surface area contributed by atoms with Crippen LogP contribution in [-0.4, -0.2) is 43.9 Å². The van der Waals surface area contributed by atoms with Crippen LogP contribution in [0.25, 0.3) is 0 Å². The van der Waals surface area contributed by atoms with Crippen molar-refractivity contribution in [3.05, 3.63) is 112 Å². The van der Waals surface area contributed by atoms with Gasteiger partial charge < -0.3 is 14.7 Å². The predicted molar refractivity (Wildman–Crippen MR) is 201 cm³/mol. The zero-order valence-electron chi connectivity index (χ0n) is 28.2. The fourth-order valence-corrected chi connectivity index (χ4v) is 8.53. The van der Waals surface area contributed by atoms with E-state index >= 15 is 4.39 Å². The monoisotopic (exact) mass is 656 g/mol. The average Bonchev–Trinajstić information content (AvgIpc) is 3.51. The summed E-state index contributed by atoms with van der Waals surface area (Å²) < 4.78 is 15.1. The maximum absolute atomic E-state index is 16.1. The maximum Gasteiger partial charge on any atom is 0.190 e. The van der Waals surface area contributed by atoms with Crippen molar-refractivity contribution in [3.63, 3.8) is 0 Å². The minimum Gasteiger partial charge on any atom is -0.372 e. The zero-order valence-corrected chi connectivity index (χ0v) is 29.9. The number of nitrogens with zero attached hydrogens (tertiary/aromatic N) is 4. The molecule has 0 amide bonds. The van der Waals surface area contributed by atoms with Crippen molar-refractivity contribution < 1.29 is 4.39 Å². The maximum atomic E-state index is 16.1. The van der Waals surface area contributed by atoms with Gasteiger partial charge in [0.05, 0.1) is 10.4 Å². The van der Waals surface area contributed by atoms with Gasteiger partial charge in [0.2, 0.25) is 0 Å². The summed E-state index contributed by atoms with van der Waals surface area (Å²) in [6.07, 6.45) is 3.70. The van der Waals surface area contributed by atoms with Crippen LogP contribution in [0.4, 0.5) is 26.6 Å². The van der Waals surface area contributed by atoms with Crippen molar-refractivity contribution in [2.75, 3.05) is 47.4 Å². The number of para-hydroxylation sites is 1. The Balaban J connectivity index is 1.73. The number of aryl methyl sites for hydroxylation is 1. The van der Waals surface area contributed by atoms with Gasteiger partial charge in [-0.2, -0.15) is 12.6 Å². The van der Waals surface area contributed by atoms with E-state index in [0.717, 1.165) is 54.1 Å². The molecule has 4 aromatic rings. The molecule has 0 spiro atoms. The smallest absolute Gasteiger partial charge is 0.190 e. The van der Waals surface area contributed by atoms with E-state index in [0.29, 0.717) is 12.8 Å². The molecule has 0 bridgehead atoms. The molecule has 1 aromatic heterocycles. The summed E-state index contributed by atoms with van der Waals surface area (Å²) in [5, 5.41) is 0.876. The Bertz CT molecular complexity index is 1540. The fourth-order valence-electron chi connectivity index (χ4n) is 6.69. The first-order valence-corrected chi connectivity index (χ1v) is 18.1. The molecule has 2 unspecified atom stereocenters. The molecule has 1 aliphatic rings. The van der Waals surface area contributed by atoms with Crippen molar-refractivity contribution >= 4 is 46.2 Å². The standard InChI is InChI=1S/C39H49FN4S2/c1-7-42(8-2)31-23-19-29(20-24-31)35(30-21-25-32(26-22-30)43(9-3)10-4)36-37(39(45)27-15-14-18-34(39)40)41-38(46-36)44(11-5)33-17-13-12-16-28(33)6/h12-17,19-26,34-35,45H,7-11,18,27H2,1-6H3. The van der Waals surface area contributed by atoms with Gasteiger partial charge in [0.25, 0.3) is 0 Å². The van der Waals surface area contributed by atoms with Gasteiger partial charge in [-0.3, -0.25) is 0 Å². The Morgan fingerprint density at radius 3 is 1.83 bits per heavy atom. The first-order chi connectivity index (χ1) is 22.3. The Morgan fingerprint density at radius 1 is 0.804 bits per heavy atom. The molecule has 0 aliphatic heterocycles. The number of alkyl halides is 1. The summed E-state index contributed by atoms with van der Waals surface area (Å²) in [7, 11) is 0. The summed E-state index contributed by atoms with van der Waals surface area (Å²) in [5.41, 5.74) is 7.81. The zero-order chi connectivity index (χ0) is 32.8. The van der Waals surface area contributed by atoms with Crippen LogP contribution in [0.1, 0.15) is 80.6 Å².